The molecule has 0 aliphatic carbocycles. The largest absolute Gasteiger partial charge is 0.491 e. The van der Waals surface area contributed by atoms with E-state index < -0.39 is 30.0 Å². The first kappa shape index (κ1) is 23.4. The van der Waals surface area contributed by atoms with Crippen LogP contribution in [0.25, 0.3) is 0 Å². The van der Waals surface area contributed by atoms with Gasteiger partial charge in [-0.1, -0.05) is 36.4 Å². The Hall–Kier alpha value is -3.31. The molecule has 1 aliphatic heterocycles. The molecule has 32 heavy (non-hydrogen) atoms. The van der Waals surface area contributed by atoms with Gasteiger partial charge in [-0.05, 0) is 17.7 Å². The Bertz CT molecular complexity index is 970. The van der Waals surface area contributed by atoms with E-state index in [0.717, 1.165) is 5.56 Å². The third-order valence-corrected chi connectivity index (χ3v) is 4.88. The third-order valence-electron chi connectivity index (χ3n) is 4.88. The van der Waals surface area contributed by atoms with Crippen LogP contribution in [0.15, 0.2) is 48.5 Å². The fraction of sp³-hybridized carbons (Fsp3) is 0.333. The number of alkyl halides is 3. The van der Waals surface area contributed by atoms with E-state index in [-0.39, 0.29) is 36.6 Å². The number of rotatable bonds is 5. The number of halogens is 3. The van der Waals surface area contributed by atoms with Crippen molar-refractivity contribution < 1.29 is 42.1 Å². The molecule has 0 fully saturated rings. The average molecular weight is 454 g/mol. The zero-order valence-electron chi connectivity index (χ0n) is 16.9. The maximum Gasteiger partial charge on any atom is 0.471 e. The molecule has 3 rings (SSSR count). The summed E-state index contributed by atoms with van der Waals surface area (Å²) in [5, 5.41) is 15.2. The van der Waals surface area contributed by atoms with Crippen molar-refractivity contribution in [2.75, 3.05) is 19.0 Å². The summed E-state index contributed by atoms with van der Waals surface area (Å²) in [5.74, 6) is -4.10. The van der Waals surface area contributed by atoms with Crippen molar-refractivity contribution in [2.45, 2.75) is 31.0 Å². The minimum atomic E-state index is -5.10. The van der Waals surface area contributed by atoms with Crippen LogP contribution in [0.2, 0.25) is 0 Å². The molecule has 8 nitrogen and oxygen atoms in total. The van der Waals surface area contributed by atoms with Crippen molar-refractivity contribution in [3.63, 3.8) is 0 Å². The molecule has 11 heteroatoms. The van der Waals surface area contributed by atoms with Gasteiger partial charge in [0.1, 0.15) is 25.0 Å². The highest BCUT2D eigenvalue weighted by atomic mass is 19.4. The molecule has 2 atom stereocenters. The van der Waals surface area contributed by atoms with E-state index in [1.807, 2.05) is 6.07 Å². The monoisotopic (exact) mass is 454 g/mol. The predicted octanol–water partition coefficient (Wildman–Crippen LogP) is 2.75. The van der Waals surface area contributed by atoms with Gasteiger partial charge in [0, 0.05) is 24.8 Å². The van der Waals surface area contributed by atoms with Crippen LogP contribution in [-0.4, -0.2) is 48.8 Å². The lowest BCUT2D eigenvalue weighted by molar-refractivity contribution is -0.204. The summed E-state index contributed by atoms with van der Waals surface area (Å²) in [4.78, 5) is 23.6. The van der Waals surface area contributed by atoms with Gasteiger partial charge in [0.15, 0.2) is 5.79 Å². The molecule has 172 valence electrons. The number of fused-ring (bicyclic) bond motifs is 1. The second-order valence-corrected chi connectivity index (χ2v) is 7.03. The van der Waals surface area contributed by atoms with Crippen LogP contribution in [-0.2, 0) is 27.3 Å². The molecule has 0 saturated carbocycles. The highest BCUT2D eigenvalue weighted by Crippen LogP contribution is 2.35. The molecule has 0 bridgehead atoms. The van der Waals surface area contributed by atoms with E-state index in [2.05, 4.69) is 5.32 Å². The number of nitrogens with one attached hydrogen (secondary N) is 2. The van der Waals surface area contributed by atoms with Gasteiger partial charge in [-0.2, -0.15) is 13.2 Å². The van der Waals surface area contributed by atoms with E-state index in [1.165, 1.54) is 25.3 Å². The first-order chi connectivity index (χ1) is 15.1. The maximum atomic E-state index is 12.7. The van der Waals surface area contributed by atoms with Crippen LogP contribution >= 0.6 is 0 Å². The van der Waals surface area contributed by atoms with Gasteiger partial charge < -0.3 is 30.0 Å². The van der Waals surface area contributed by atoms with Gasteiger partial charge in [-0.15, -0.1) is 0 Å². The molecule has 1 aliphatic rings. The average Bonchev–Trinajstić information content (AvgIpc) is 2.90. The number of amides is 2. The summed E-state index contributed by atoms with van der Waals surface area (Å²) in [5.41, 5.74) is 0.628. The highest BCUT2D eigenvalue weighted by molar-refractivity contribution is 5.95. The van der Waals surface area contributed by atoms with E-state index in [9.17, 15) is 27.9 Å². The van der Waals surface area contributed by atoms with E-state index in [0.29, 0.717) is 0 Å². The molecule has 2 amide bonds. The zero-order chi connectivity index (χ0) is 23.4. The van der Waals surface area contributed by atoms with Gasteiger partial charge in [0.25, 0.3) is 0 Å². The van der Waals surface area contributed by atoms with Gasteiger partial charge in [0.2, 0.25) is 0 Å². The van der Waals surface area contributed by atoms with Crippen LogP contribution in [0.4, 0.5) is 23.7 Å². The van der Waals surface area contributed by atoms with Crippen molar-refractivity contribution in [2.24, 2.45) is 0 Å². The zero-order valence-corrected chi connectivity index (χ0v) is 16.9. The summed E-state index contributed by atoms with van der Waals surface area (Å²) in [6.45, 7) is -0.284. The Kier molecular flexibility index (Phi) is 6.90. The highest BCUT2D eigenvalue weighted by Gasteiger charge is 2.44. The normalized spacial score (nSPS) is 20.3. The number of hydrogen-bond acceptors (Lipinski definition) is 6. The fourth-order valence-electron chi connectivity index (χ4n) is 3.15. The number of hydrogen-bond donors (Lipinski definition) is 3. The summed E-state index contributed by atoms with van der Waals surface area (Å²) in [6.07, 6.45) is -6.33. The Balaban J connectivity index is 1.75. The van der Waals surface area contributed by atoms with Gasteiger partial charge in [-0.25, -0.2) is 4.79 Å². The van der Waals surface area contributed by atoms with Crippen molar-refractivity contribution in [1.82, 2.24) is 5.32 Å². The number of ether oxygens (including phenoxy) is 3. The number of carbonyl (C=O) groups excluding carboxylic acids is 2. The second kappa shape index (κ2) is 9.45. The Morgan fingerprint density at radius 3 is 2.56 bits per heavy atom. The molecular formula is C21H21F3N2O6. The fourth-order valence-corrected chi connectivity index (χ4v) is 3.15. The molecule has 0 saturated heterocycles. The minimum Gasteiger partial charge on any atom is -0.491 e. The Morgan fingerprint density at radius 2 is 1.91 bits per heavy atom. The van der Waals surface area contributed by atoms with Gasteiger partial charge >= 0.3 is 18.2 Å². The molecule has 0 radical (unpaired) electrons. The van der Waals surface area contributed by atoms with Crippen molar-refractivity contribution in [1.29, 1.82) is 0 Å². The molecule has 3 N–H and O–H groups in total. The number of benzene rings is 2. The second-order valence-electron chi connectivity index (χ2n) is 7.03. The maximum absolute atomic E-state index is 12.7. The SMILES string of the molecule is CO[C@@]1(O)Cc2c(NC(=O)C(F)(F)F)cccc2OC[C@@H]1NC(=O)OCc1ccccc1. The molecule has 2 aromatic rings. The number of anilines is 1. The number of aliphatic hydroxyl groups is 1. The summed E-state index contributed by atoms with van der Waals surface area (Å²) in [6, 6.07) is 11.9. The summed E-state index contributed by atoms with van der Waals surface area (Å²) < 4.78 is 54.0. The van der Waals surface area contributed by atoms with Gasteiger partial charge in [0.05, 0.1) is 0 Å². The minimum absolute atomic E-state index is 0.0144. The van der Waals surface area contributed by atoms with Gasteiger partial charge in [-0.3, -0.25) is 4.79 Å². The number of methoxy groups -OCH3 is 1. The molecule has 2 aromatic carbocycles. The molecule has 0 unspecified atom stereocenters. The predicted molar refractivity (Wildman–Crippen MR) is 106 cm³/mol. The third kappa shape index (κ3) is 5.48. The number of alkyl carbamates (subject to hydrolysis) is 1. The lowest BCUT2D eigenvalue weighted by atomic mass is 9.97. The molecule has 0 spiro atoms. The first-order valence-corrected chi connectivity index (χ1v) is 9.50. The van der Waals surface area contributed by atoms with Crippen LogP contribution in [0.5, 0.6) is 5.75 Å². The molecular weight excluding hydrogens is 433 g/mol. The van der Waals surface area contributed by atoms with E-state index in [1.54, 1.807) is 29.6 Å². The lowest BCUT2D eigenvalue weighted by Crippen LogP contribution is -2.57. The smallest absolute Gasteiger partial charge is 0.471 e. The van der Waals surface area contributed by atoms with Crippen LogP contribution in [0, 0.1) is 0 Å². The van der Waals surface area contributed by atoms with Crippen molar-refractivity contribution >= 4 is 17.7 Å². The van der Waals surface area contributed by atoms with Crippen LogP contribution in [0.1, 0.15) is 11.1 Å². The molecule has 1 heterocycles. The van der Waals surface area contributed by atoms with Crippen molar-refractivity contribution in [3.05, 3.63) is 59.7 Å². The topological polar surface area (TPSA) is 106 Å². The number of carbonyl (C=O) groups is 2. The standard InChI is InChI=1S/C21H21F3N2O6/c1-30-20(29)10-14-15(25-18(27)21(22,23)24)8-5-9-16(14)31-12-17(20)26-19(28)32-11-13-6-3-2-4-7-13/h2-9,17,29H,10-12H2,1H3,(H,25,27)(H,26,28)/t17-,20-/m0/s1. The van der Waals surface area contributed by atoms with Crippen molar-refractivity contribution in [3.8, 4) is 5.75 Å². The molecule has 0 aromatic heterocycles. The van der Waals surface area contributed by atoms with Crippen LogP contribution < -0.4 is 15.4 Å². The van der Waals surface area contributed by atoms with E-state index in [4.69, 9.17) is 14.2 Å². The summed E-state index contributed by atoms with van der Waals surface area (Å²) in [7, 11) is 1.17. The first-order valence-electron chi connectivity index (χ1n) is 9.50. The lowest BCUT2D eigenvalue weighted by Gasteiger charge is -2.32. The Morgan fingerprint density at radius 1 is 1.19 bits per heavy atom. The van der Waals surface area contributed by atoms with Crippen LogP contribution in [0.3, 0.4) is 0 Å². The summed E-state index contributed by atoms with van der Waals surface area (Å²) >= 11 is 0. The van der Waals surface area contributed by atoms with E-state index >= 15 is 0 Å². The quantitative estimate of drug-likeness (QED) is 0.600. The Labute approximate surface area is 181 Å².